The highest BCUT2D eigenvalue weighted by Gasteiger charge is 2.40. The lowest BCUT2D eigenvalue weighted by Gasteiger charge is -2.39. The molecule has 2 aliphatic heterocycles. The minimum atomic E-state index is 0.545. The van der Waals surface area contributed by atoms with E-state index in [2.05, 4.69) is 76.4 Å². The number of nitrogens with zero attached hydrogens (tertiary/aromatic N) is 5. The van der Waals surface area contributed by atoms with E-state index in [4.69, 9.17) is 0 Å². The van der Waals surface area contributed by atoms with Crippen molar-refractivity contribution in [2.45, 2.75) is 52.0 Å². The molecule has 2 fully saturated rings. The molecule has 4 aromatic rings. The van der Waals surface area contributed by atoms with Gasteiger partial charge in [0.15, 0.2) is 0 Å². The Bertz CT molecular complexity index is 1160. The predicted molar refractivity (Wildman–Crippen MR) is 148 cm³/mol. The molecule has 0 aliphatic carbocycles. The average molecular weight is 516 g/mol. The van der Waals surface area contributed by atoms with Gasteiger partial charge in [-0.05, 0) is 66.9 Å². The molecule has 0 saturated carbocycles. The first-order valence-corrected chi connectivity index (χ1v) is 14.3. The van der Waals surface area contributed by atoms with Crippen LogP contribution in [0.4, 0.5) is 0 Å². The third-order valence-corrected chi connectivity index (χ3v) is 8.95. The molecular formula is C29H37N7S. The van der Waals surface area contributed by atoms with E-state index >= 15 is 0 Å². The van der Waals surface area contributed by atoms with Crippen LogP contribution in [0.15, 0.2) is 66.6 Å². The summed E-state index contributed by atoms with van der Waals surface area (Å²) in [6.45, 7) is 9.54. The van der Waals surface area contributed by atoms with Crippen molar-refractivity contribution in [2.24, 2.45) is 5.41 Å². The van der Waals surface area contributed by atoms with E-state index in [1.165, 1.54) is 61.4 Å². The van der Waals surface area contributed by atoms with Gasteiger partial charge in [0.2, 0.25) is 0 Å². The second-order valence-corrected chi connectivity index (χ2v) is 11.9. The van der Waals surface area contributed by atoms with E-state index in [0.717, 1.165) is 44.4 Å². The Balaban J connectivity index is 0.998. The fourth-order valence-electron chi connectivity index (χ4n) is 6.01. The Morgan fingerprint density at radius 1 is 0.784 bits per heavy atom. The van der Waals surface area contributed by atoms with Crippen LogP contribution in [-0.4, -0.2) is 60.8 Å². The van der Waals surface area contributed by atoms with Gasteiger partial charge in [0.05, 0.1) is 13.1 Å². The lowest BCUT2D eigenvalue weighted by Crippen LogP contribution is -2.41. The van der Waals surface area contributed by atoms with Gasteiger partial charge in [0, 0.05) is 55.8 Å². The Morgan fingerprint density at radius 3 is 2.03 bits per heavy atom. The molecule has 0 bridgehead atoms. The van der Waals surface area contributed by atoms with Gasteiger partial charge in [-0.3, -0.25) is 14.7 Å². The van der Waals surface area contributed by atoms with Gasteiger partial charge in [-0.25, -0.2) is 9.97 Å². The average Bonchev–Trinajstić information content (AvgIpc) is 3.73. The molecule has 6 rings (SSSR count). The van der Waals surface area contributed by atoms with Crippen molar-refractivity contribution in [3.8, 4) is 0 Å². The number of H-pyrrole nitrogens is 2. The van der Waals surface area contributed by atoms with Crippen molar-refractivity contribution in [2.75, 3.05) is 26.2 Å². The minimum Gasteiger partial charge on any atom is -0.348 e. The Hall–Kier alpha value is -2.78. The molecule has 7 nitrogen and oxygen atoms in total. The number of nitrogens with one attached hydrogen (secondary N) is 2. The van der Waals surface area contributed by atoms with E-state index < -0.39 is 0 Å². The number of benzene rings is 1. The van der Waals surface area contributed by atoms with Gasteiger partial charge in [0.25, 0.3) is 0 Å². The summed E-state index contributed by atoms with van der Waals surface area (Å²) in [6.07, 6.45) is 11.4. The lowest BCUT2D eigenvalue weighted by atomic mass is 9.77. The molecule has 2 aliphatic rings. The van der Waals surface area contributed by atoms with E-state index in [1.54, 1.807) is 0 Å². The van der Waals surface area contributed by atoms with Crippen LogP contribution < -0.4 is 0 Å². The van der Waals surface area contributed by atoms with E-state index in [9.17, 15) is 0 Å². The lowest BCUT2D eigenvalue weighted by molar-refractivity contribution is 0.102. The zero-order valence-corrected chi connectivity index (χ0v) is 22.3. The summed E-state index contributed by atoms with van der Waals surface area (Å²) < 4.78 is 0. The van der Waals surface area contributed by atoms with Crippen LogP contribution in [0.5, 0.6) is 0 Å². The summed E-state index contributed by atoms with van der Waals surface area (Å²) in [7, 11) is 0. The maximum atomic E-state index is 4.42. The highest BCUT2D eigenvalue weighted by Crippen LogP contribution is 2.41. The molecule has 0 amide bonds. The van der Waals surface area contributed by atoms with Crippen molar-refractivity contribution in [3.63, 3.8) is 0 Å². The fraction of sp³-hybridized carbons (Fsp3) is 0.448. The van der Waals surface area contributed by atoms with Gasteiger partial charge in [-0.15, -0.1) is 11.3 Å². The molecule has 5 heterocycles. The first-order chi connectivity index (χ1) is 18.2. The predicted octanol–water partition coefficient (Wildman–Crippen LogP) is 4.88. The topological polar surface area (TPSA) is 67.1 Å². The van der Waals surface area contributed by atoms with Crippen molar-refractivity contribution >= 4 is 11.3 Å². The molecule has 0 unspecified atom stereocenters. The third-order valence-electron chi connectivity index (χ3n) is 8.09. The third kappa shape index (κ3) is 6.38. The monoisotopic (exact) mass is 515 g/mol. The molecule has 1 spiro atoms. The maximum absolute atomic E-state index is 4.42. The number of rotatable bonds is 10. The summed E-state index contributed by atoms with van der Waals surface area (Å²) in [6, 6.07) is 13.7. The maximum Gasteiger partial charge on any atom is 0.120 e. The Labute approximate surface area is 223 Å². The van der Waals surface area contributed by atoms with E-state index in [1.807, 2.05) is 36.1 Å². The van der Waals surface area contributed by atoms with Gasteiger partial charge in [-0.2, -0.15) is 0 Å². The molecule has 3 aromatic heterocycles. The van der Waals surface area contributed by atoms with Gasteiger partial charge >= 0.3 is 0 Å². The quantitative estimate of drug-likeness (QED) is 0.315. The molecule has 1 aromatic carbocycles. The number of piperidine rings is 1. The molecule has 0 atom stereocenters. The molecule has 2 N–H and O–H groups in total. The summed E-state index contributed by atoms with van der Waals surface area (Å²) in [4.78, 5) is 24.5. The first-order valence-electron chi connectivity index (χ1n) is 13.5. The van der Waals surface area contributed by atoms with Crippen molar-refractivity contribution in [1.82, 2.24) is 34.6 Å². The summed E-state index contributed by atoms with van der Waals surface area (Å²) in [5.41, 5.74) is 3.27. The van der Waals surface area contributed by atoms with Crippen LogP contribution in [0.3, 0.4) is 0 Å². The highest BCUT2D eigenvalue weighted by molar-refractivity contribution is 7.09. The Morgan fingerprint density at radius 2 is 1.43 bits per heavy atom. The second-order valence-electron chi connectivity index (χ2n) is 10.8. The normalized spacial score (nSPS) is 18.3. The molecule has 2 saturated heterocycles. The number of imidazole rings is 2. The largest absolute Gasteiger partial charge is 0.348 e. The minimum absolute atomic E-state index is 0.545. The van der Waals surface area contributed by atoms with E-state index in [-0.39, 0.29) is 0 Å². The number of aromatic amines is 2. The molecule has 194 valence electrons. The van der Waals surface area contributed by atoms with Gasteiger partial charge < -0.3 is 9.97 Å². The van der Waals surface area contributed by atoms with Crippen LogP contribution in [0, 0.1) is 5.41 Å². The summed E-state index contributed by atoms with van der Waals surface area (Å²) in [5.74, 6) is 1.95. The van der Waals surface area contributed by atoms with Crippen LogP contribution in [0.25, 0.3) is 0 Å². The molecule has 8 heteroatoms. The number of thiophene rings is 1. The number of hydrogen-bond donors (Lipinski definition) is 2. The molecule has 0 radical (unpaired) electrons. The van der Waals surface area contributed by atoms with Crippen molar-refractivity contribution < 1.29 is 0 Å². The number of hydrogen-bond acceptors (Lipinski definition) is 6. The number of likely N-dealkylation sites (tertiary alicyclic amines) is 2. The SMILES string of the molecule is c1csc(CN2CCC3(CCN(Cc4ccc(CN(Cc5ncc[nH]5)Cc5ncc[nH]5)cc4)CC3)C2)c1. The summed E-state index contributed by atoms with van der Waals surface area (Å²) >= 11 is 1.89. The van der Waals surface area contributed by atoms with Gasteiger partial charge in [-0.1, -0.05) is 30.3 Å². The first kappa shape index (κ1) is 24.6. The zero-order valence-electron chi connectivity index (χ0n) is 21.5. The Kier molecular flexibility index (Phi) is 7.50. The van der Waals surface area contributed by atoms with Crippen molar-refractivity contribution in [3.05, 3.63) is 94.2 Å². The molecule has 37 heavy (non-hydrogen) atoms. The summed E-state index contributed by atoms with van der Waals surface area (Å²) in [5, 5.41) is 2.20. The zero-order chi connectivity index (χ0) is 24.9. The second kappa shape index (κ2) is 11.3. The molecular weight excluding hydrogens is 478 g/mol. The van der Waals surface area contributed by atoms with Gasteiger partial charge in [0.1, 0.15) is 11.6 Å². The highest BCUT2D eigenvalue weighted by atomic mass is 32.1. The van der Waals surface area contributed by atoms with Crippen LogP contribution in [0.2, 0.25) is 0 Å². The van der Waals surface area contributed by atoms with Crippen LogP contribution >= 0.6 is 11.3 Å². The fourth-order valence-corrected chi connectivity index (χ4v) is 6.75. The number of aromatic nitrogens is 4. The standard InChI is InChI=1S/C29H37N7S/c1-2-26(37-17-1)20-35-16-9-29(23-35)7-14-34(15-8-29)18-24-3-5-25(6-4-24)19-36(21-27-30-10-11-31-27)22-28-32-12-13-33-28/h1-6,10-13,17H,7-9,14-16,18-23H2,(H,30,31)(H,32,33). The van der Waals surface area contributed by atoms with Crippen LogP contribution in [0.1, 0.15) is 46.9 Å². The van der Waals surface area contributed by atoms with E-state index in [0.29, 0.717) is 5.41 Å². The van der Waals surface area contributed by atoms with Crippen molar-refractivity contribution in [1.29, 1.82) is 0 Å². The smallest absolute Gasteiger partial charge is 0.120 e. The van der Waals surface area contributed by atoms with Crippen LogP contribution in [-0.2, 0) is 32.7 Å².